The number of tetrazole rings is 1. The molecular weight excluding hydrogens is 274 g/mol. The molecule has 0 spiro atoms. The van der Waals surface area contributed by atoms with Crippen molar-refractivity contribution in [1.82, 2.24) is 20.2 Å². The fourth-order valence-electron chi connectivity index (χ4n) is 2.08. The predicted octanol–water partition coefficient (Wildman–Crippen LogP) is 2.87. The molecule has 0 amide bonds. The van der Waals surface area contributed by atoms with Crippen LogP contribution in [0.2, 0.25) is 5.02 Å². The van der Waals surface area contributed by atoms with Gasteiger partial charge in [0.25, 0.3) is 0 Å². The number of aromatic nitrogens is 4. The van der Waals surface area contributed by atoms with Crippen molar-refractivity contribution in [2.24, 2.45) is 0 Å². The van der Waals surface area contributed by atoms with Gasteiger partial charge in [0.05, 0.1) is 16.3 Å². The zero-order chi connectivity index (χ0) is 14.1. The molecule has 6 heteroatoms. The van der Waals surface area contributed by atoms with Gasteiger partial charge in [-0.3, -0.25) is 0 Å². The van der Waals surface area contributed by atoms with E-state index in [1.165, 1.54) is 0 Å². The Kier molecular flexibility index (Phi) is 3.12. The molecule has 1 heterocycles. The summed E-state index contributed by atoms with van der Waals surface area (Å²) in [5.74, 6) is 0.530. The second-order valence-electron chi connectivity index (χ2n) is 4.40. The highest BCUT2D eigenvalue weighted by atomic mass is 35.5. The van der Waals surface area contributed by atoms with Gasteiger partial charge < -0.3 is 5.73 Å². The van der Waals surface area contributed by atoms with Gasteiger partial charge in [-0.1, -0.05) is 35.9 Å². The van der Waals surface area contributed by atoms with Crippen molar-refractivity contribution in [1.29, 1.82) is 0 Å². The molecule has 0 saturated heterocycles. The molecule has 0 aliphatic carbocycles. The summed E-state index contributed by atoms with van der Waals surface area (Å²) in [5, 5.41) is 12.4. The number of rotatable bonds is 2. The fourth-order valence-corrected chi connectivity index (χ4v) is 2.35. The van der Waals surface area contributed by atoms with Crippen molar-refractivity contribution in [3.63, 3.8) is 0 Å². The number of hydrogen-bond acceptors (Lipinski definition) is 4. The van der Waals surface area contributed by atoms with E-state index in [-0.39, 0.29) is 0 Å². The van der Waals surface area contributed by atoms with Crippen LogP contribution in [-0.2, 0) is 0 Å². The first-order valence-electron chi connectivity index (χ1n) is 6.07. The summed E-state index contributed by atoms with van der Waals surface area (Å²) in [6.07, 6.45) is 0. The lowest BCUT2D eigenvalue weighted by Gasteiger charge is -2.10. The van der Waals surface area contributed by atoms with E-state index >= 15 is 0 Å². The first kappa shape index (κ1) is 12.6. The van der Waals surface area contributed by atoms with Gasteiger partial charge in [-0.15, -0.1) is 5.10 Å². The molecule has 100 valence electrons. The van der Waals surface area contributed by atoms with E-state index in [9.17, 15) is 0 Å². The van der Waals surface area contributed by atoms with Crippen molar-refractivity contribution < 1.29 is 0 Å². The van der Waals surface area contributed by atoms with Crippen LogP contribution in [0.5, 0.6) is 0 Å². The van der Waals surface area contributed by atoms with E-state index in [2.05, 4.69) is 15.5 Å². The minimum atomic E-state index is 0.523. The van der Waals surface area contributed by atoms with Crippen molar-refractivity contribution in [3.8, 4) is 17.1 Å². The highest BCUT2D eigenvalue weighted by Gasteiger charge is 2.17. The largest absolute Gasteiger partial charge is 0.398 e. The first-order chi connectivity index (χ1) is 9.68. The lowest BCUT2D eigenvalue weighted by Crippen LogP contribution is -2.03. The van der Waals surface area contributed by atoms with Gasteiger partial charge in [-0.25, -0.2) is 0 Å². The lowest BCUT2D eigenvalue weighted by molar-refractivity contribution is 0.787. The number of para-hydroxylation sites is 1. The van der Waals surface area contributed by atoms with Crippen molar-refractivity contribution in [2.45, 2.75) is 6.92 Å². The molecule has 0 fully saturated rings. The Bertz CT molecular complexity index is 746. The van der Waals surface area contributed by atoms with Crippen molar-refractivity contribution >= 4 is 17.3 Å². The Balaban J connectivity index is 2.24. The summed E-state index contributed by atoms with van der Waals surface area (Å²) in [5.41, 5.74) is 9.15. The van der Waals surface area contributed by atoms with E-state index in [4.69, 9.17) is 17.3 Å². The van der Waals surface area contributed by atoms with Crippen LogP contribution < -0.4 is 5.73 Å². The average Bonchev–Trinajstić information content (AvgIpc) is 2.88. The molecule has 1 aromatic heterocycles. The second kappa shape index (κ2) is 4.94. The van der Waals surface area contributed by atoms with Gasteiger partial charge in [-0.05, 0) is 41.1 Å². The summed E-state index contributed by atoms with van der Waals surface area (Å²) >= 11 is 6.23. The molecule has 0 unspecified atom stereocenters. The van der Waals surface area contributed by atoms with Gasteiger partial charge in [0.2, 0.25) is 0 Å². The molecule has 3 aromatic rings. The maximum Gasteiger partial charge on any atom is 0.190 e. The Morgan fingerprint density at radius 1 is 1.10 bits per heavy atom. The number of anilines is 1. The minimum Gasteiger partial charge on any atom is -0.398 e. The number of benzene rings is 2. The topological polar surface area (TPSA) is 69.6 Å². The molecule has 5 nitrogen and oxygen atoms in total. The van der Waals surface area contributed by atoms with Gasteiger partial charge in [0.1, 0.15) is 0 Å². The van der Waals surface area contributed by atoms with Crippen LogP contribution in [0.4, 0.5) is 5.69 Å². The lowest BCUT2D eigenvalue weighted by atomic mass is 10.1. The molecule has 20 heavy (non-hydrogen) atoms. The number of nitrogens with two attached hydrogens (primary N) is 1. The highest BCUT2D eigenvalue weighted by Crippen LogP contribution is 2.32. The van der Waals surface area contributed by atoms with E-state index in [1.807, 2.05) is 31.2 Å². The number of aryl methyl sites for hydroxylation is 1. The van der Waals surface area contributed by atoms with E-state index in [0.29, 0.717) is 22.1 Å². The number of nitrogens with zero attached hydrogens (tertiary/aromatic N) is 4. The average molecular weight is 286 g/mol. The number of hydrogen-bond donors (Lipinski definition) is 1. The Morgan fingerprint density at radius 3 is 2.65 bits per heavy atom. The number of nitrogen functional groups attached to an aromatic ring is 1. The van der Waals surface area contributed by atoms with Gasteiger partial charge in [0.15, 0.2) is 5.82 Å². The normalized spacial score (nSPS) is 10.7. The van der Waals surface area contributed by atoms with Gasteiger partial charge in [-0.2, -0.15) is 4.68 Å². The quantitative estimate of drug-likeness (QED) is 0.735. The molecule has 0 saturated carbocycles. The molecule has 0 aliphatic rings. The van der Waals surface area contributed by atoms with Crippen LogP contribution in [0.1, 0.15) is 5.56 Å². The summed E-state index contributed by atoms with van der Waals surface area (Å²) in [4.78, 5) is 0. The molecule has 2 aromatic carbocycles. The maximum absolute atomic E-state index is 6.23. The summed E-state index contributed by atoms with van der Waals surface area (Å²) in [7, 11) is 0. The third-order valence-electron chi connectivity index (χ3n) is 3.08. The Labute approximate surface area is 121 Å². The number of halogens is 1. The van der Waals surface area contributed by atoms with Crippen molar-refractivity contribution in [2.75, 3.05) is 5.73 Å². The fraction of sp³-hybridized carbons (Fsp3) is 0.0714. The Hall–Kier alpha value is -2.40. The van der Waals surface area contributed by atoms with E-state index in [1.54, 1.807) is 22.9 Å². The molecule has 0 bridgehead atoms. The molecule has 0 atom stereocenters. The van der Waals surface area contributed by atoms with Crippen LogP contribution in [-0.4, -0.2) is 20.2 Å². The monoisotopic (exact) mass is 285 g/mol. The minimum absolute atomic E-state index is 0.523. The van der Waals surface area contributed by atoms with Crippen LogP contribution in [0.15, 0.2) is 42.5 Å². The van der Waals surface area contributed by atoms with Gasteiger partial charge >= 0.3 is 0 Å². The first-order valence-corrected chi connectivity index (χ1v) is 6.45. The van der Waals surface area contributed by atoms with Crippen molar-refractivity contribution in [3.05, 3.63) is 53.1 Å². The van der Waals surface area contributed by atoms with Crippen LogP contribution >= 0.6 is 11.6 Å². The Morgan fingerprint density at radius 2 is 1.90 bits per heavy atom. The zero-order valence-corrected chi connectivity index (χ0v) is 11.5. The van der Waals surface area contributed by atoms with Crippen LogP contribution in [0, 0.1) is 6.92 Å². The zero-order valence-electron chi connectivity index (χ0n) is 10.8. The maximum atomic E-state index is 6.23. The molecule has 0 radical (unpaired) electrons. The van der Waals surface area contributed by atoms with Crippen LogP contribution in [0.3, 0.4) is 0 Å². The second-order valence-corrected chi connectivity index (χ2v) is 4.81. The molecular formula is C14H12ClN5. The third-order valence-corrected chi connectivity index (χ3v) is 3.40. The summed E-state index contributed by atoms with van der Waals surface area (Å²) in [6.45, 7) is 2.00. The smallest absolute Gasteiger partial charge is 0.190 e. The summed E-state index contributed by atoms with van der Waals surface area (Å²) in [6, 6.07) is 13.2. The van der Waals surface area contributed by atoms with Gasteiger partial charge in [0, 0.05) is 5.69 Å². The highest BCUT2D eigenvalue weighted by molar-refractivity contribution is 6.33. The standard InChI is InChI=1S/C14H12ClN5/c1-9-5-2-3-8-12(9)20-14(17-18-19-20)13-10(15)6-4-7-11(13)16/h2-8H,16H2,1H3. The van der Waals surface area contributed by atoms with E-state index < -0.39 is 0 Å². The third kappa shape index (κ3) is 2.02. The SMILES string of the molecule is Cc1ccccc1-n1nnnc1-c1c(N)cccc1Cl. The summed E-state index contributed by atoms with van der Waals surface area (Å²) < 4.78 is 1.65. The molecule has 0 aliphatic heterocycles. The predicted molar refractivity (Wildman–Crippen MR) is 78.7 cm³/mol. The molecule has 2 N–H and O–H groups in total. The van der Waals surface area contributed by atoms with E-state index in [0.717, 1.165) is 11.3 Å². The molecule has 3 rings (SSSR count). The van der Waals surface area contributed by atoms with Crippen LogP contribution in [0.25, 0.3) is 17.1 Å².